The molecule has 0 aromatic heterocycles. The highest BCUT2D eigenvalue weighted by Gasteiger charge is 2.16. The van der Waals surface area contributed by atoms with Crippen LogP contribution in [0.4, 0.5) is 0 Å². The Kier molecular flexibility index (Phi) is 3.30. The molecule has 0 saturated carbocycles. The molecule has 1 aliphatic rings. The van der Waals surface area contributed by atoms with Gasteiger partial charge in [-0.15, -0.1) is 0 Å². The third kappa shape index (κ3) is 2.27. The monoisotopic (exact) mass is 236 g/mol. The lowest BCUT2D eigenvalue weighted by Crippen LogP contribution is -2.11. The molecule has 0 atom stereocenters. The Hall–Kier alpha value is -1.28. The van der Waals surface area contributed by atoms with E-state index in [1.807, 2.05) is 31.2 Å². The van der Waals surface area contributed by atoms with Gasteiger partial charge in [-0.2, -0.15) is 0 Å². The van der Waals surface area contributed by atoms with Crippen LogP contribution in [-0.2, 0) is 16.0 Å². The van der Waals surface area contributed by atoms with Crippen molar-refractivity contribution >= 4 is 23.6 Å². The Morgan fingerprint density at radius 1 is 1.44 bits per heavy atom. The van der Waals surface area contributed by atoms with Crippen LogP contribution in [0.1, 0.15) is 24.5 Å². The number of carbonyl (C=O) groups excluding carboxylic acids is 1. The van der Waals surface area contributed by atoms with Crippen LogP contribution in [0.2, 0.25) is 5.02 Å². The Morgan fingerprint density at radius 3 is 3.00 bits per heavy atom. The van der Waals surface area contributed by atoms with Gasteiger partial charge in [0.1, 0.15) is 0 Å². The molecule has 16 heavy (non-hydrogen) atoms. The van der Waals surface area contributed by atoms with Crippen molar-refractivity contribution in [3.05, 3.63) is 39.9 Å². The number of hydrogen-bond donors (Lipinski definition) is 0. The van der Waals surface area contributed by atoms with Gasteiger partial charge in [-0.3, -0.25) is 0 Å². The predicted molar refractivity (Wildman–Crippen MR) is 64.4 cm³/mol. The van der Waals surface area contributed by atoms with Crippen LogP contribution in [0.15, 0.2) is 23.8 Å². The molecule has 1 aromatic rings. The molecule has 3 heteroatoms. The molecule has 0 unspecified atom stereocenters. The van der Waals surface area contributed by atoms with Crippen molar-refractivity contribution < 1.29 is 9.53 Å². The SMILES string of the molecule is CCOC(=O)C1=Cc2cc(Cl)ccc2CC1. The standard InChI is InChI=1S/C13H13ClO2/c1-2-16-13(15)10-4-3-9-5-6-12(14)8-11(9)7-10/h5-8H,2-4H2,1H3. The lowest BCUT2D eigenvalue weighted by atomic mass is 9.92. The van der Waals surface area contributed by atoms with Gasteiger partial charge in [0.2, 0.25) is 0 Å². The van der Waals surface area contributed by atoms with Gasteiger partial charge in [0.25, 0.3) is 0 Å². The topological polar surface area (TPSA) is 26.3 Å². The van der Waals surface area contributed by atoms with Crippen LogP contribution in [-0.4, -0.2) is 12.6 Å². The molecule has 0 radical (unpaired) electrons. The van der Waals surface area contributed by atoms with Crippen molar-refractivity contribution in [3.8, 4) is 0 Å². The van der Waals surface area contributed by atoms with E-state index < -0.39 is 0 Å². The van der Waals surface area contributed by atoms with E-state index in [1.165, 1.54) is 5.56 Å². The predicted octanol–water partition coefficient (Wildman–Crippen LogP) is 3.23. The van der Waals surface area contributed by atoms with Gasteiger partial charge >= 0.3 is 5.97 Å². The summed E-state index contributed by atoms with van der Waals surface area (Å²) in [5.74, 6) is -0.215. The van der Waals surface area contributed by atoms with Crippen molar-refractivity contribution in [2.24, 2.45) is 0 Å². The molecule has 2 nitrogen and oxygen atoms in total. The van der Waals surface area contributed by atoms with Gasteiger partial charge in [0.05, 0.1) is 6.61 Å². The van der Waals surface area contributed by atoms with Gasteiger partial charge in [-0.1, -0.05) is 17.7 Å². The van der Waals surface area contributed by atoms with Crippen LogP contribution < -0.4 is 0 Å². The van der Waals surface area contributed by atoms with Gasteiger partial charge in [0, 0.05) is 10.6 Å². The first kappa shape index (κ1) is 11.2. The number of halogens is 1. The van der Waals surface area contributed by atoms with Crippen molar-refractivity contribution in [2.45, 2.75) is 19.8 Å². The summed E-state index contributed by atoms with van der Waals surface area (Å²) in [6.07, 6.45) is 3.49. The molecule has 0 heterocycles. The maximum absolute atomic E-state index is 11.6. The van der Waals surface area contributed by atoms with Crippen molar-refractivity contribution in [1.29, 1.82) is 0 Å². The molecule has 1 aromatic carbocycles. The quantitative estimate of drug-likeness (QED) is 0.737. The lowest BCUT2D eigenvalue weighted by Gasteiger charge is -2.15. The first-order valence-corrected chi connectivity index (χ1v) is 5.74. The van der Waals surface area contributed by atoms with Crippen LogP contribution in [0, 0.1) is 0 Å². The van der Waals surface area contributed by atoms with Crippen molar-refractivity contribution in [3.63, 3.8) is 0 Å². The minimum atomic E-state index is -0.215. The Morgan fingerprint density at radius 2 is 2.25 bits per heavy atom. The zero-order valence-electron chi connectivity index (χ0n) is 9.13. The molecular formula is C13H13ClO2. The van der Waals surface area contributed by atoms with Gasteiger partial charge in [-0.25, -0.2) is 4.79 Å². The number of fused-ring (bicyclic) bond motifs is 1. The second kappa shape index (κ2) is 4.71. The minimum Gasteiger partial charge on any atom is -0.463 e. The summed E-state index contributed by atoms with van der Waals surface area (Å²) >= 11 is 5.92. The molecule has 0 spiro atoms. The number of rotatable bonds is 2. The van der Waals surface area contributed by atoms with E-state index in [4.69, 9.17) is 16.3 Å². The van der Waals surface area contributed by atoms with E-state index in [0.29, 0.717) is 11.6 Å². The van der Waals surface area contributed by atoms with Gasteiger partial charge in [-0.05, 0) is 49.1 Å². The van der Waals surface area contributed by atoms with Crippen LogP contribution in [0.25, 0.3) is 6.08 Å². The van der Waals surface area contributed by atoms with Crippen molar-refractivity contribution in [1.82, 2.24) is 0 Å². The summed E-state index contributed by atoms with van der Waals surface area (Å²) in [5.41, 5.74) is 3.00. The molecule has 84 valence electrons. The third-order valence-electron chi connectivity index (χ3n) is 2.64. The highest BCUT2D eigenvalue weighted by molar-refractivity contribution is 6.30. The van der Waals surface area contributed by atoms with E-state index in [1.54, 1.807) is 0 Å². The van der Waals surface area contributed by atoms with E-state index >= 15 is 0 Å². The molecule has 0 amide bonds. The van der Waals surface area contributed by atoms with Gasteiger partial charge < -0.3 is 4.74 Å². The summed E-state index contributed by atoms with van der Waals surface area (Å²) in [5, 5.41) is 0.695. The number of esters is 1. The lowest BCUT2D eigenvalue weighted by molar-refractivity contribution is -0.138. The molecule has 0 bridgehead atoms. The smallest absolute Gasteiger partial charge is 0.334 e. The highest BCUT2D eigenvalue weighted by Crippen LogP contribution is 2.26. The fraction of sp³-hybridized carbons (Fsp3) is 0.308. The molecular weight excluding hydrogens is 224 g/mol. The Labute approximate surface area is 99.9 Å². The normalized spacial score (nSPS) is 14.0. The zero-order valence-corrected chi connectivity index (χ0v) is 9.88. The maximum atomic E-state index is 11.6. The molecule has 2 rings (SSSR count). The van der Waals surface area contributed by atoms with Crippen LogP contribution >= 0.6 is 11.6 Å². The number of benzene rings is 1. The molecule has 1 aliphatic carbocycles. The second-order valence-electron chi connectivity index (χ2n) is 3.73. The van der Waals surface area contributed by atoms with Gasteiger partial charge in [0.15, 0.2) is 0 Å². The summed E-state index contributed by atoms with van der Waals surface area (Å²) < 4.78 is 4.99. The Balaban J connectivity index is 2.30. The number of carbonyl (C=O) groups is 1. The Bertz CT molecular complexity index is 449. The fourth-order valence-electron chi connectivity index (χ4n) is 1.84. The molecule has 0 aliphatic heterocycles. The molecule has 0 saturated heterocycles. The average Bonchev–Trinajstić information content (AvgIpc) is 2.28. The van der Waals surface area contributed by atoms with Crippen LogP contribution in [0.3, 0.4) is 0 Å². The maximum Gasteiger partial charge on any atom is 0.334 e. The first-order chi connectivity index (χ1) is 7.70. The van der Waals surface area contributed by atoms with E-state index in [-0.39, 0.29) is 5.97 Å². The van der Waals surface area contributed by atoms with E-state index in [2.05, 4.69) is 0 Å². The zero-order chi connectivity index (χ0) is 11.5. The fourth-order valence-corrected chi connectivity index (χ4v) is 2.02. The summed E-state index contributed by atoms with van der Waals surface area (Å²) in [7, 11) is 0. The van der Waals surface area contributed by atoms with E-state index in [9.17, 15) is 4.79 Å². The number of hydrogen-bond acceptors (Lipinski definition) is 2. The third-order valence-corrected chi connectivity index (χ3v) is 2.87. The largest absolute Gasteiger partial charge is 0.463 e. The minimum absolute atomic E-state index is 0.215. The molecule has 0 fully saturated rings. The second-order valence-corrected chi connectivity index (χ2v) is 4.17. The van der Waals surface area contributed by atoms with E-state index in [0.717, 1.165) is 24.0 Å². The van der Waals surface area contributed by atoms with Crippen molar-refractivity contribution in [2.75, 3.05) is 6.61 Å². The average molecular weight is 237 g/mol. The first-order valence-electron chi connectivity index (χ1n) is 5.37. The number of ether oxygens (including phenoxy) is 1. The van der Waals surface area contributed by atoms with Crippen LogP contribution in [0.5, 0.6) is 0 Å². The summed E-state index contributed by atoms with van der Waals surface area (Å²) in [6, 6.07) is 5.77. The summed E-state index contributed by atoms with van der Waals surface area (Å²) in [4.78, 5) is 11.6. The summed E-state index contributed by atoms with van der Waals surface area (Å²) in [6.45, 7) is 2.23. The molecule has 0 N–H and O–H groups in total. The highest BCUT2D eigenvalue weighted by atomic mass is 35.5. The number of aryl methyl sites for hydroxylation is 1.